The minimum absolute atomic E-state index is 0.115. The summed E-state index contributed by atoms with van der Waals surface area (Å²) < 4.78 is 63.4. The van der Waals surface area contributed by atoms with Crippen molar-refractivity contribution >= 4 is 27.3 Å². The summed E-state index contributed by atoms with van der Waals surface area (Å²) in [5, 5.41) is 2.39. The third-order valence-corrected chi connectivity index (χ3v) is 4.33. The molecular weight excluding hydrogens is 347 g/mol. The van der Waals surface area contributed by atoms with Crippen LogP contribution in [0.3, 0.4) is 0 Å². The largest absolute Gasteiger partial charge is 0.416 e. The summed E-state index contributed by atoms with van der Waals surface area (Å²) in [6.07, 6.45) is -2.10. The molecule has 24 heavy (non-hydrogen) atoms. The predicted molar refractivity (Wildman–Crippen MR) is 83.9 cm³/mol. The molecule has 0 aliphatic heterocycles. The first-order valence-electron chi connectivity index (χ1n) is 7.21. The van der Waals surface area contributed by atoms with E-state index in [-0.39, 0.29) is 17.4 Å². The van der Waals surface area contributed by atoms with E-state index in [1.807, 2.05) is 0 Å². The highest BCUT2D eigenvalue weighted by Gasteiger charge is 2.32. The minimum atomic E-state index is -4.61. The average molecular weight is 365 g/mol. The third-order valence-electron chi connectivity index (χ3n) is 3.74. The Labute approximate surface area is 137 Å². The molecule has 0 spiro atoms. The molecule has 2 rings (SSSR count). The van der Waals surface area contributed by atoms with Crippen molar-refractivity contribution in [1.82, 2.24) is 0 Å². The van der Waals surface area contributed by atoms with E-state index in [0.29, 0.717) is 25.3 Å². The maximum absolute atomic E-state index is 12.9. The van der Waals surface area contributed by atoms with Gasteiger partial charge in [0.25, 0.3) is 0 Å². The summed E-state index contributed by atoms with van der Waals surface area (Å²) in [5.74, 6) is -0.876. The molecule has 0 radical (unpaired) electrons. The summed E-state index contributed by atoms with van der Waals surface area (Å²) in [4.78, 5) is 12.2. The molecule has 0 saturated heterocycles. The number of halogens is 3. The van der Waals surface area contributed by atoms with Gasteiger partial charge >= 0.3 is 6.18 Å². The van der Waals surface area contributed by atoms with Crippen LogP contribution in [0.1, 0.15) is 24.8 Å². The van der Waals surface area contributed by atoms with E-state index >= 15 is 0 Å². The highest BCUT2D eigenvalue weighted by atomic mass is 32.2. The lowest BCUT2D eigenvalue weighted by Gasteiger charge is -2.17. The molecule has 1 aliphatic rings. The van der Waals surface area contributed by atoms with Crippen molar-refractivity contribution in [3.05, 3.63) is 23.8 Å². The molecule has 0 bridgehead atoms. The summed E-state index contributed by atoms with van der Waals surface area (Å²) in [5.41, 5.74) is 4.38. The van der Waals surface area contributed by atoms with Crippen molar-refractivity contribution < 1.29 is 26.4 Å². The number of nitrogens with one attached hydrogen (secondary N) is 2. The molecule has 1 aromatic rings. The smallest absolute Gasteiger partial charge is 0.328 e. The zero-order valence-electron chi connectivity index (χ0n) is 12.9. The molecule has 6 nitrogen and oxygen atoms in total. The summed E-state index contributed by atoms with van der Waals surface area (Å²) in [6.45, 7) is 0. The van der Waals surface area contributed by atoms with Gasteiger partial charge in [-0.1, -0.05) is 0 Å². The van der Waals surface area contributed by atoms with Gasteiger partial charge in [-0.3, -0.25) is 9.52 Å². The molecule has 1 saturated carbocycles. The Morgan fingerprint density at radius 2 is 1.92 bits per heavy atom. The Kier molecular flexibility index (Phi) is 5.09. The van der Waals surface area contributed by atoms with E-state index in [1.54, 1.807) is 0 Å². The molecule has 0 aromatic heterocycles. The average Bonchev–Trinajstić information content (AvgIpc) is 2.84. The van der Waals surface area contributed by atoms with E-state index in [1.165, 1.54) is 0 Å². The quantitative estimate of drug-likeness (QED) is 0.761. The first-order valence-corrected chi connectivity index (χ1v) is 9.10. The van der Waals surface area contributed by atoms with Crippen molar-refractivity contribution in [3.63, 3.8) is 0 Å². The predicted octanol–water partition coefficient (Wildman–Crippen LogP) is 2.14. The Bertz CT molecular complexity index is 735. The maximum atomic E-state index is 12.9. The Morgan fingerprint density at radius 1 is 1.25 bits per heavy atom. The number of carbonyl (C=O) groups is 1. The van der Waals surface area contributed by atoms with Crippen molar-refractivity contribution in [2.24, 2.45) is 11.7 Å². The van der Waals surface area contributed by atoms with Gasteiger partial charge in [-0.25, -0.2) is 8.42 Å². The summed E-state index contributed by atoms with van der Waals surface area (Å²) >= 11 is 0. The van der Waals surface area contributed by atoms with Crippen LogP contribution in [0.5, 0.6) is 0 Å². The maximum Gasteiger partial charge on any atom is 0.416 e. The highest BCUT2D eigenvalue weighted by molar-refractivity contribution is 7.92. The molecule has 10 heteroatoms. The monoisotopic (exact) mass is 365 g/mol. The standard InChI is InChI=1S/C14H18F3N3O3S/c1-24(22,23)20-11-5-3-9(14(15,16)17)7-12(11)19-13(21)8-2-4-10(18)6-8/h3,5,7-8,10,20H,2,4,6,18H2,1H3,(H,19,21). The molecule has 1 aliphatic carbocycles. The van der Waals surface area contributed by atoms with Crippen LogP contribution in [-0.2, 0) is 21.0 Å². The Morgan fingerprint density at radius 3 is 2.42 bits per heavy atom. The number of amides is 1. The minimum Gasteiger partial charge on any atom is -0.328 e. The molecule has 2 unspecified atom stereocenters. The summed E-state index contributed by atoms with van der Waals surface area (Å²) in [7, 11) is -3.71. The second-order valence-electron chi connectivity index (χ2n) is 5.89. The molecule has 134 valence electrons. The molecule has 0 heterocycles. The second kappa shape index (κ2) is 6.60. The van der Waals surface area contributed by atoms with E-state index in [2.05, 4.69) is 10.0 Å². The van der Waals surface area contributed by atoms with E-state index in [0.717, 1.165) is 18.4 Å². The van der Waals surface area contributed by atoms with Gasteiger partial charge in [0.15, 0.2) is 0 Å². The highest BCUT2D eigenvalue weighted by Crippen LogP contribution is 2.35. The molecule has 4 N–H and O–H groups in total. The van der Waals surface area contributed by atoms with Crippen LogP contribution in [0.25, 0.3) is 0 Å². The first kappa shape index (κ1) is 18.5. The van der Waals surface area contributed by atoms with Crippen molar-refractivity contribution in [3.8, 4) is 0 Å². The van der Waals surface area contributed by atoms with Crippen LogP contribution in [0, 0.1) is 5.92 Å². The topological polar surface area (TPSA) is 101 Å². The number of benzene rings is 1. The van der Waals surface area contributed by atoms with Crippen molar-refractivity contribution in [2.75, 3.05) is 16.3 Å². The van der Waals surface area contributed by atoms with Gasteiger partial charge in [-0.15, -0.1) is 0 Å². The van der Waals surface area contributed by atoms with E-state index in [9.17, 15) is 26.4 Å². The van der Waals surface area contributed by atoms with Crippen LogP contribution >= 0.6 is 0 Å². The third kappa shape index (κ3) is 4.84. The van der Waals surface area contributed by atoms with Crippen LogP contribution < -0.4 is 15.8 Å². The zero-order valence-corrected chi connectivity index (χ0v) is 13.7. The van der Waals surface area contributed by atoms with Crippen LogP contribution in [0.2, 0.25) is 0 Å². The Hall–Kier alpha value is -1.81. The van der Waals surface area contributed by atoms with Gasteiger partial charge < -0.3 is 11.1 Å². The number of nitrogens with two attached hydrogens (primary N) is 1. The van der Waals surface area contributed by atoms with Gasteiger partial charge in [0, 0.05) is 12.0 Å². The fraction of sp³-hybridized carbons (Fsp3) is 0.500. The summed E-state index contributed by atoms with van der Waals surface area (Å²) in [6, 6.07) is 2.31. The number of anilines is 2. The van der Waals surface area contributed by atoms with E-state index < -0.39 is 33.6 Å². The van der Waals surface area contributed by atoms with E-state index in [4.69, 9.17) is 5.73 Å². The first-order chi connectivity index (χ1) is 11.0. The van der Waals surface area contributed by atoms with Gasteiger partial charge in [0.2, 0.25) is 15.9 Å². The number of sulfonamides is 1. The number of hydrogen-bond donors (Lipinski definition) is 3. The van der Waals surface area contributed by atoms with Gasteiger partial charge in [0.1, 0.15) is 0 Å². The second-order valence-corrected chi connectivity index (χ2v) is 7.64. The van der Waals surface area contributed by atoms with Gasteiger partial charge in [-0.2, -0.15) is 13.2 Å². The van der Waals surface area contributed by atoms with Gasteiger partial charge in [0.05, 0.1) is 23.2 Å². The fourth-order valence-corrected chi connectivity index (χ4v) is 3.18. The lowest BCUT2D eigenvalue weighted by molar-refractivity contribution is -0.137. The zero-order chi connectivity index (χ0) is 18.1. The number of hydrogen-bond acceptors (Lipinski definition) is 4. The normalized spacial score (nSPS) is 21.5. The van der Waals surface area contributed by atoms with Crippen LogP contribution in [-0.4, -0.2) is 26.6 Å². The van der Waals surface area contributed by atoms with Gasteiger partial charge in [-0.05, 0) is 37.5 Å². The molecule has 2 atom stereocenters. The van der Waals surface area contributed by atoms with Crippen LogP contribution in [0.4, 0.5) is 24.5 Å². The molecule has 1 fully saturated rings. The molecule has 1 aromatic carbocycles. The SMILES string of the molecule is CS(=O)(=O)Nc1ccc(C(F)(F)F)cc1NC(=O)C1CCC(N)C1. The lowest BCUT2D eigenvalue weighted by Crippen LogP contribution is -2.24. The number of rotatable bonds is 4. The van der Waals surface area contributed by atoms with Crippen LogP contribution in [0.15, 0.2) is 18.2 Å². The molecular formula is C14H18F3N3O3S. The fourth-order valence-electron chi connectivity index (χ4n) is 2.60. The lowest BCUT2D eigenvalue weighted by atomic mass is 10.1. The van der Waals surface area contributed by atoms with Crippen molar-refractivity contribution in [2.45, 2.75) is 31.5 Å². The Balaban J connectivity index is 2.31. The number of alkyl halides is 3. The number of carbonyl (C=O) groups excluding carboxylic acids is 1. The molecule has 1 amide bonds. The van der Waals surface area contributed by atoms with Crippen molar-refractivity contribution in [1.29, 1.82) is 0 Å².